The number of aromatic nitrogens is 1. The van der Waals surface area contributed by atoms with Gasteiger partial charge in [0.05, 0.1) is 20.5 Å². The number of halogens is 2. The third kappa shape index (κ3) is 3.53. The van der Waals surface area contributed by atoms with Crippen LogP contribution < -0.4 is 5.43 Å². The molecule has 4 nitrogen and oxygen atoms in total. The molecule has 0 unspecified atom stereocenters. The molecule has 0 fully saturated rings. The molecule has 30 heavy (non-hydrogen) atoms. The molecule has 4 rings (SSSR count). The molecule has 0 radical (unpaired) electrons. The van der Waals surface area contributed by atoms with Crippen molar-refractivity contribution < 1.29 is 9.90 Å². The van der Waals surface area contributed by atoms with Crippen LogP contribution in [-0.2, 0) is 11.3 Å². The minimum atomic E-state index is -0.999. The van der Waals surface area contributed by atoms with Crippen molar-refractivity contribution in [3.8, 4) is 11.1 Å². The smallest absolute Gasteiger partial charge is 0.323 e. The molecule has 0 amide bonds. The highest BCUT2D eigenvalue weighted by Crippen LogP contribution is 2.33. The molecule has 0 aliphatic rings. The summed E-state index contributed by atoms with van der Waals surface area (Å²) in [7, 11) is 0. The van der Waals surface area contributed by atoms with Crippen LogP contribution in [0.1, 0.15) is 25.3 Å². The summed E-state index contributed by atoms with van der Waals surface area (Å²) < 4.78 is 2.13. The van der Waals surface area contributed by atoms with Crippen LogP contribution in [-0.4, -0.2) is 15.6 Å². The fourth-order valence-corrected chi connectivity index (χ4v) is 4.46. The van der Waals surface area contributed by atoms with Crippen LogP contribution in [0.25, 0.3) is 32.9 Å². The first-order chi connectivity index (χ1) is 14.3. The van der Waals surface area contributed by atoms with Crippen LogP contribution in [0, 0.1) is 0 Å². The second-order valence-electron chi connectivity index (χ2n) is 7.58. The second kappa shape index (κ2) is 7.89. The maximum Gasteiger partial charge on any atom is 0.323 e. The topological polar surface area (TPSA) is 59.3 Å². The number of hydrogen-bond donors (Lipinski definition) is 1. The van der Waals surface area contributed by atoms with Gasteiger partial charge in [-0.15, -0.1) is 0 Å². The zero-order valence-electron chi connectivity index (χ0n) is 16.4. The van der Waals surface area contributed by atoms with Crippen LogP contribution in [0.4, 0.5) is 0 Å². The molecule has 0 aliphatic carbocycles. The third-order valence-corrected chi connectivity index (χ3v) is 6.67. The Balaban J connectivity index is 2.02. The summed E-state index contributed by atoms with van der Waals surface area (Å²) in [4.78, 5) is 24.9. The highest BCUT2D eigenvalue weighted by molar-refractivity contribution is 9.10. The fraction of sp³-hybridized carbons (Fsp3) is 0.167. The minimum Gasteiger partial charge on any atom is -0.480 e. The van der Waals surface area contributed by atoms with Gasteiger partial charge in [0.1, 0.15) is 6.54 Å². The molecular weight excluding hydrogens is 466 g/mol. The molecule has 0 aliphatic heterocycles. The van der Waals surface area contributed by atoms with Gasteiger partial charge in [0, 0.05) is 10.8 Å². The van der Waals surface area contributed by atoms with Crippen LogP contribution in [0.5, 0.6) is 0 Å². The van der Waals surface area contributed by atoms with E-state index in [1.165, 1.54) is 5.56 Å². The van der Waals surface area contributed by atoms with Crippen molar-refractivity contribution >= 4 is 55.3 Å². The van der Waals surface area contributed by atoms with E-state index in [-0.39, 0.29) is 12.0 Å². The quantitative estimate of drug-likeness (QED) is 0.339. The van der Waals surface area contributed by atoms with Gasteiger partial charge in [0.25, 0.3) is 0 Å². The molecule has 0 saturated heterocycles. The molecule has 1 heterocycles. The van der Waals surface area contributed by atoms with Gasteiger partial charge >= 0.3 is 5.97 Å². The predicted octanol–water partition coefficient (Wildman–Crippen LogP) is 6.45. The lowest BCUT2D eigenvalue weighted by molar-refractivity contribution is -0.137. The molecule has 0 saturated carbocycles. The average Bonchev–Trinajstić information content (AvgIpc) is 2.72. The fourth-order valence-electron chi connectivity index (χ4n) is 3.75. The van der Waals surface area contributed by atoms with Gasteiger partial charge in [-0.05, 0) is 62.8 Å². The number of nitrogens with zero attached hydrogens (tertiary/aromatic N) is 1. The first-order valence-electron chi connectivity index (χ1n) is 9.54. The standard InChI is InChI=1S/C24H19BrClNO3/c1-13(2)14-3-5-15(6-4-14)16-7-10-20-18(11-16)24(30)17-8-9-19(26)22(25)23(17)27(20)12-21(28)29/h3-11,13H,12H2,1-2H3,(H,28,29). The number of aliphatic carboxylic acids is 1. The summed E-state index contributed by atoms with van der Waals surface area (Å²) in [5.41, 5.74) is 4.04. The van der Waals surface area contributed by atoms with Crippen LogP contribution in [0.2, 0.25) is 5.02 Å². The van der Waals surface area contributed by atoms with E-state index in [1.54, 1.807) is 22.8 Å². The van der Waals surface area contributed by atoms with Gasteiger partial charge < -0.3 is 9.67 Å². The lowest BCUT2D eigenvalue weighted by Crippen LogP contribution is -2.16. The molecular formula is C24H19BrClNO3. The minimum absolute atomic E-state index is 0.153. The Bertz CT molecular complexity index is 1360. The average molecular weight is 485 g/mol. The zero-order valence-corrected chi connectivity index (χ0v) is 18.8. The molecule has 3 aromatic carbocycles. The Morgan fingerprint density at radius 3 is 2.33 bits per heavy atom. The first-order valence-corrected chi connectivity index (χ1v) is 10.7. The van der Waals surface area contributed by atoms with E-state index in [9.17, 15) is 14.7 Å². The largest absolute Gasteiger partial charge is 0.480 e. The van der Waals surface area contributed by atoms with Crippen molar-refractivity contribution in [1.82, 2.24) is 4.57 Å². The van der Waals surface area contributed by atoms with Crippen LogP contribution in [0.15, 0.2) is 63.9 Å². The van der Waals surface area contributed by atoms with Gasteiger partial charge in [0.15, 0.2) is 5.43 Å². The van der Waals surface area contributed by atoms with E-state index in [0.29, 0.717) is 37.2 Å². The Labute approximate surface area is 186 Å². The van der Waals surface area contributed by atoms with Crippen LogP contribution in [0.3, 0.4) is 0 Å². The van der Waals surface area contributed by atoms with E-state index in [0.717, 1.165) is 11.1 Å². The number of carbonyl (C=O) groups is 1. The van der Waals surface area contributed by atoms with Gasteiger partial charge in [0.2, 0.25) is 0 Å². The Kier molecular flexibility index (Phi) is 5.43. The van der Waals surface area contributed by atoms with Crippen molar-refractivity contribution in [2.24, 2.45) is 0 Å². The third-order valence-electron chi connectivity index (χ3n) is 5.32. The van der Waals surface area contributed by atoms with E-state index in [4.69, 9.17) is 11.6 Å². The van der Waals surface area contributed by atoms with E-state index in [1.807, 2.05) is 24.3 Å². The number of benzene rings is 3. The van der Waals surface area contributed by atoms with Crippen molar-refractivity contribution in [2.75, 3.05) is 0 Å². The van der Waals surface area contributed by atoms with Gasteiger partial charge in [-0.25, -0.2) is 0 Å². The number of pyridine rings is 1. The van der Waals surface area contributed by atoms with E-state index < -0.39 is 5.97 Å². The summed E-state index contributed by atoms with van der Waals surface area (Å²) in [6, 6.07) is 17.1. The number of fused-ring (bicyclic) bond motifs is 2. The van der Waals surface area contributed by atoms with E-state index in [2.05, 4.69) is 41.9 Å². The van der Waals surface area contributed by atoms with Crippen molar-refractivity contribution in [3.05, 3.63) is 79.9 Å². The summed E-state index contributed by atoms with van der Waals surface area (Å²) in [6.45, 7) is 4.01. The summed E-state index contributed by atoms with van der Waals surface area (Å²) >= 11 is 9.66. The normalized spacial score (nSPS) is 11.5. The maximum atomic E-state index is 13.3. The molecule has 152 valence electrons. The van der Waals surface area contributed by atoms with Crippen molar-refractivity contribution in [1.29, 1.82) is 0 Å². The summed E-state index contributed by atoms with van der Waals surface area (Å²) in [6.07, 6.45) is 0. The zero-order chi connectivity index (χ0) is 21.6. The first kappa shape index (κ1) is 20.6. The molecule has 6 heteroatoms. The molecule has 1 N–H and O–H groups in total. The van der Waals surface area contributed by atoms with Gasteiger partial charge in [-0.2, -0.15) is 0 Å². The number of carboxylic acid groups (broad SMARTS) is 1. The predicted molar refractivity (Wildman–Crippen MR) is 126 cm³/mol. The Morgan fingerprint density at radius 2 is 1.70 bits per heavy atom. The molecule has 1 aromatic heterocycles. The number of rotatable bonds is 4. The van der Waals surface area contributed by atoms with Crippen molar-refractivity contribution in [3.63, 3.8) is 0 Å². The highest BCUT2D eigenvalue weighted by Gasteiger charge is 2.17. The Hall–Kier alpha value is -2.63. The molecule has 4 aromatic rings. The second-order valence-corrected chi connectivity index (χ2v) is 8.78. The summed E-state index contributed by atoms with van der Waals surface area (Å²) in [5.74, 6) is -0.558. The molecule has 0 spiro atoms. The maximum absolute atomic E-state index is 13.3. The lowest BCUT2D eigenvalue weighted by atomic mass is 9.97. The van der Waals surface area contributed by atoms with Crippen molar-refractivity contribution in [2.45, 2.75) is 26.3 Å². The summed E-state index contributed by atoms with van der Waals surface area (Å²) in [5, 5.41) is 10.8. The van der Waals surface area contributed by atoms with E-state index >= 15 is 0 Å². The van der Waals surface area contributed by atoms with Crippen LogP contribution >= 0.6 is 27.5 Å². The SMILES string of the molecule is CC(C)c1ccc(-c2ccc3c(c2)c(=O)c2ccc(Cl)c(Br)c2n3CC(=O)O)cc1. The van der Waals surface area contributed by atoms with Gasteiger partial charge in [-0.3, -0.25) is 9.59 Å². The Morgan fingerprint density at radius 1 is 1.03 bits per heavy atom. The van der Waals surface area contributed by atoms with Gasteiger partial charge in [-0.1, -0.05) is 55.8 Å². The molecule has 0 atom stereocenters. The number of hydrogen-bond acceptors (Lipinski definition) is 2. The number of carboxylic acids is 1. The lowest BCUT2D eigenvalue weighted by Gasteiger charge is -2.16. The molecule has 0 bridgehead atoms. The highest BCUT2D eigenvalue weighted by atomic mass is 79.9. The monoisotopic (exact) mass is 483 g/mol.